The lowest BCUT2D eigenvalue weighted by atomic mass is 9.98. The minimum absolute atomic E-state index is 0.859. The van der Waals surface area contributed by atoms with Crippen LogP contribution in [0.15, 0.2) is 18.2 Å². The molecule has 0 spiro atoms. The van der Waals surface area contributed by atoms with E-state index in [1.54, 1.807) is 0 Å². The highest BCUT2D eigenvalue weighted by atomic mass is 15.1. The van der Waals surface area contributed by atoms with Gasteiger partial charge in [-0.2, -0.15) is 0 Å². The van der Waals surface area contributed by atoms with Gasteiger partial charge in [-0.1, -0.05) is 19.9 Å². The minimum Gasteiger partial charge on any atom is -0.397 e. The second-order valence-corrected chi connectivity index (χ2v) is 6.42. The van der Waals surface area contributed by atoms with Crippen molar-refractivity contribution in [3.05, 3.63) is 23.8 Å². The predicted octanol–water partition coefficient (Wildman–Crippen LogP) is 3.44. The van der Waals surface area contributed by atoms with Gasteiger partial charge in [0.05, 0.1) is 11.4 Å². The minimum atomic E-state index is 0.859. The maximum atomic E-state index is 6.28. The fourth-order valence-corrected chi connectivity index (χ4v) is 3.02. The van der Waals surface area contributed by atoms with Crippen LogP contribution in [0, 0.1) is 5.92 Å². The number of nitrogen functional groups attached to an aromatic ring is 1. The lowest BCUT2D eigenvalue weighted by Crippen LogP contribution is -2.33. The number of nitrogens with zero attached hydrogens (tertiary/aromatic N) is 1. The van der Waals surface area contributed by atoms with E-state index in [0.717, 1.165) is 44.2 Å². The number of piperidine rings is 1. The molecular formula is C18H31N3. The van der Waals surface area contributed by atoms with Gasteiger partial charge >= 0.3 is 0 Å². The summed E-state index contributed by atoms with van der Waals surface area (Å²) in [5.74, 6) is 0.859. The maximum absolute atomic E-state index is 6.28. The first-order valence-electron chi connectivity index (χ1n) is 8.54. The number of benzene rings is 1. The molecule has 0 saturated carbocycles. The summed E-state index contributed by atoms with van der Waals surface area (Å²) in [5, 5.41) is 3.45. The Kier molecular flexibility index (Phi) is 6.37. The van der Waals surface area contributed by atoms with Crippen LogP contribution >= 0.6 is 0 Å². The van der Waals surface area contributed by atoms with Crippen molar-refractivity contribution in [3.8, 4) is 0 Å². The van der Waals surface area contributed by atoms with E-state index in [1.807, 2.05) is 0 Å². The molecule has 0 atom stereocenters. The van der Waals surface area contributed by atoms with Gasteiger partial charge in [-0.3, -0.25) is 0 Å². The molecule has 1 fully saturated rings. The molecule has 0 bridgehead atoms. The third-order valence-corrected chi connectivity index (χ3v) is 4.46. The van der Waals surface area contributed by atoms with Crippen molar-refractivity contribution in [1.82, 2.24) is 5.32 Å². The van der Waals surface area contributed by atoms with Crippen LogP contribution in [0.2, 0.25) is 0 Å². The summed E-state index contributed by atoms with van der Waals surface area (Å²) >= 11 is 0. The summed E-state index contributed by atoms with van der Waals surface area (Å²) in [6.07, 6.45) is 6.06. The quantitative estimate of drug-likeness (QED) is 0.597. The summed E-state index contributed by atoms with van der Waals surface area (Å²) in [4.78, 5) is 2.45. The SMILES string of the molecule is CCCNCCCc1ccc(N2CCC(C)CC2)c(N)c1. The van der Waals surface area contributed by atoms with Crippen molar-refractivity contribution >= 4 is 11.4 Å². The summed E-state index contributed by atoms with van der Waals surface area (Å²) in [6.45, 7) is 9.05. The average Bonchev–Trinajstić information content (AvgIpc) is 2.48. The fraction of sp³-hybridized carbons (Fsp3) is 0.667. The number of anilines is 2. The van der Waals surface area contributed by atoms with Crippen LogP contribution in [-0.4, -0.2) is 26.2 Å². The molecular weight excluding hydrogens is 258 g/mol. The largest absolute Gasteiger partial charge is 0.397 e. The zero-order valence-corrected chi connectivity index (χ0v) is 13.7. The van der Waals surface area contributed by atoms with Crippen molar-refractivity contribution in [3.63, 3.8) is 0 Å². The zero-order valence-electron chi connectivity index (χ0n) is 13.7. The Hall–Kier alpha value is -1.22. The van der Waals surface area contributed by atoms with Gasteiger partial charge in [0, 0.05) is 13.1 Å². The Morgan fingerprint density at radius 1 is 1.24 bits per heavy atom. The first-order valence-corrected chi connectivity index (χ1v) is 8.54. The van der Waals surface area contributed by atoms with Gasteiger partial charge in [-0.25, -0.2) is 0 Å². The number of aryl methyl sites for hydroxylation is 1. The molecule has 3 N–H and O–H groups in total. The molecule has 3 heteroatoms. The second-order valence-electron chi connectivity index (χ2n) is 6.42. The first-order chi connectivity index (χ1) is 10.2. The summed E-state index contributed by atoms with van der Waals surface area (Å²) in [7, 11) is 0. The van der Waals surface area contributed by atoms with Crippen LogP contribution in [0.3, 0.4) is 0 Å². The van der Waals surface area contributed by atoms with Gasteiger partial charge in [-0.15, -0.1) is 0 Å². The molecule has 0 aromatic heterocycles. The molecule has 0 aliphatic carbocycles. The van der Waals surface area contributed by atoms with Gasteiger partial charge in [0.25, 0.3) is 0 Å². The van der Waals surface area contributed by atoms with Crippen LogP contribution in [0.4, 0.5) is 11.4 Å². The molecule has 1 aliphatic heterocycles. The number of hydrogen-bond acceptors (Lipinski definition) is 3. The van der Waals surface area contributed by atoms with Crippen LogP contribution in [0.5, 0.6) is 0 Å². The molecule has 21 heavy (non-hydrogen) atoms. The highest BCUT2D eigenvalue weighted by Gasteiger charge is 2.17. The average molecular weight is 289 g/mol. The summed E-state index contributed by atoms with van der Waals surface area (Å²) < 4.78 is 0. The van der Waals surface area contributed by atoms with Gasteiger partial charge in [0.1, 0.15) is 0 Å². The smallest absolute Gasteiger partial charge is 0.0600 e. The third-order valence-electron chi connectivity index (χ3n) is 4.46. The van der Waals surface area contributed by atoms with Crippen molar-refractivity contribution in [2.75, 3.05) is 36.8 Å². The molecule has 1 aromatic rings. The predicted molar refractivity (Wildman–Crippen MR) is 92.9 cm³/mol. The third kappa shape index (κ3) is 4.92. The molecule has 1 aliphatic rings. The van der Waals surface area contributed by atoms with Gasteiger partial charge in [-0.05, 0) is 68.8 Å². The van der Waals surface area contributed by atoms with E-state index in [0.29, 0.717) is 0 Å². The molecule has 118 valence electrons. The molecule has 0 radical (unpaired) electrons. The Labute approximate surface area is 129 Å². The van der Waals surface area contributed by atoms with E-state index in [4.69, 9.17) is 5.73 Å². The molecule has 3 nitrogen and oxygen atoms in total. The van der Waals surface area contributed by atoms with E-state index in [9.17, 15) is 0 Å². The second kappa shape index (κ2) is 8.28. The van der Waals surface area contributed by atoms with E-state index >= 15 is 0 Å². The Balaban J connectivity index is 1.85. The summed E-state index contributed by atoms with van der Waals surface area (Å²) in [5.41, 5.74) is 9.82. The Morgan fingerprint density at radius 3 is 2.67 bits per heavy atom. The van der Waals surface area contributed by atoms with Gasteiger partial charge < -0.3 is 16.0 Å². The number of rotatable bonds is 7. The fourth-order valence-electron chi connectivity index (χ4n) is 3.02. The van der Waals surface area contributed by atoms with E-state index in [2.05, 4.69) is 42.3 Å². The topological polar surface area (TPSA) is 41.3 Å². The normalized spacial score (nSPS) is 16.4. The maximum Gasteiger partial charge on any atom is 0.0600 e. The van der Waals surface area contributed by atoms with E-state index < -0.39 is 0 Å². The lowest BCUT2D eigenvalue weighted by molar-refractivity contribution is 0.438. The highest BCUT2D eigenvalue weighted by Crippen LogP contribution is 2.29. The van der Waals surface area contributed by atoms with Crippen molar-refractivity contribution in [1.29, 1.82) is 0 Å². The standard InChI is InChI=1S/C18H31N3/c1-3-10-20-11-4-5-16-6-7-18(17(19)14-16)21-12-8-15(2)9-13-21/h6-7,14-15,20H,3-5,8-13,19H2,1-2H3. The first kappa shape index (κ1) is 16.2. The van der Waals surface area contributed by atoms with Crippen LogP contribution in [0.1, 0.15) is 45.1 Å². The molecule has 1 heterocycles. The highest BCUT2D eigenvalue weighted by molar-refractivity contribution is 5.68. The van der Waals surface area contributed by atoms with Gasteiger partial charge in [0.15, 0.2) is 0 Å². The number of hydrogen-bond donors (Lipinski definition) is 2. The van der Waals surface area contributed by atoms with Crippen molar-refractivity contribution in [2.45, 2.75) is 46.0 Å². The van der Waals surface area contributed by atoms with Crippen molar-refractivity contribution in [2.24, 2.45) is 5.92 Å². The van der Waals surface area contributed by atoms with E-state index in [-0.39, 0.29) is 0 Å². The summed E-state index contributed by atoms with van der Waals surface area (Å²) in [6, 6.07) is 6.65. The van der Waals surface area contributed by atoms with Crippen LogP contribution in [-0.2, 0) is 6.42 Å². The zero-order chi connectivity index (χ0) is 15.1. The van der Waals surface area contributed by atoms with Crippen molar-refractivity contribution < 1.29 is 0 Å². The Morgan fingerprint density at radius 2 is 2.00 bits per heavy atom. The number of nitrogens with one attached hydrogen (secondary N) is 1. The molecule has 2 rings (SSSR count). The molecule has 0 amide bonds. The van der Waals surface area contributed by atoms with E-state index in [1.165, 1.54) is 36.9 Å². The van der Waals surface area contributed by atoms with Crippen LogP contribution < -0.4 is 16.0 Å². The lowest BCUT2D eigenvalue weighted by Gasteiger charge is -2.33. The molecule has 1 aromatic carbocycles. The Bertz CT molecular complexity index is 422. The van der Waals surface area contributed by atoms with Gasteiger partial charge in [0.2, 0.25) is 0 Å². The molecule has 1 saturated heterocycles. The number of nitrogens with two attached hydrogens (primary N) is 1. The monoisotopic (exact) mass is 289 g/mol. The molecule has 0 unspecified atom stereocenters. The van der Waals surface area contributed by atoms with Crippen LogP contribution in [0.25, 0.3) is 0 Å².